The summed E-state index contributed by atoms with van der Waals surface area (Å²) in [6, 6.07) is 27.1. The number of thiazole rings is 1. The van der Waals surface area contributed by atoms with E-state index in [-0.39, 0.29) is 11.3 Å². The fourth-order valence-corrected chi connectivity index (χ4v) is 3.77. The lowest BCUT2D eigenvalue weighted by Crippen LogP contribution is -2.19. The molecule has 0 spiro atoms. The zero-order valence-electron chi connectivity index (χ0n) is 15.0. The summed E-state index contributed by atoms with van der Waals surface area (Å²) >= 11 is 1.28. The molecule has 1 N–H and O–H groups in total. The quantitative estimate of drug-likeness (QED) is 0.548. The number of carbonyl (C=O) groups is 1. The molecule has 0 aliphatic rings. The highest BCUT2D eigenvalue weighted by atomic mass is 32.1. The van der Waals surface area contributed by atoms with Crippen LogP contribution >= 0.6 is 11.3 Å². The molecule has 0 saturated carbocycles. The van der Waals surface area contributed by atoms with E-state index in [1.807, 2.05) is 91.0 Å². The van der Waals surface area contributed by atoms with Gasteiger partial charge in [-0.2, -0.15) is 0 Å². The Morgan fingerprint density at radius 3 is 2.07 bits per heavy atom. The Bertz CT molecular complexity index is 1270. The van der Waals surface area contributed by atoms with Gasteiger partial charge in [-0.15, -0.1) is 11.3 Å². The van der Waals surface area contributed by atoms with Crippen LogP contribution in [0.1, 0.15) is 15.9 Å². The minimum Gasteiger partial charge on any atom is -0.313 e. The third kappa shape index (κ3) is 4.08. The highest BCUT2D eigenvalue weighted by Gasteiger charge is 2.04. The number of ketones is 1. The van der Waals surface area contributed by atoms with E-state index in [0.29, 0.717) is 14.8 Å². The molecule has 1 aromatic heterocycles. The van der Waals surface area contributed by atoms with Crippen LogP contribution in [-0.4, -0.2) is 10.8 Å². The van der Waals surface area contributed by atoms with Crippen LogP contribution in [0, 0.1) is 0 Å². The lowest BCUT2D eigenvalue weighted by atomic mass is 10.0. The van der Waals surface area contributed by atoms with Crippen molar-refractivity contribution < 1.29 is 4.79 Å². The molecule has 0 amide bonds. The summed E-state index contributed by atoms with van der Waals surface area (Å²) in [4.78, 5) is 27.5. The number of carbonyl (C=O) groups excluding carboxylic acids is 1. The number of aromatic nitrogens is 1. The molecule has 0 aliphatic heterocycles. The Hall–Kier alpha value is -3.50. The number of hydrogen-bond donors (Lipinski definition) is 1. The van der Waals surface area contributed by atoms with Gasteiger partial charge in [-0.3, -0.25) is 9.59 Å². The van der Waals surface area contributed by atoms with Crippen LogP contribution in [0.5, 0.6) is 0 Å². The number of nitrogens with one attached hydrogen (secondary N) is 1. The van der Waals surface area contributed by atoms with Crippen molar-refractivity contribution in [2.24, 2.45) is 0 Å². The van der Waals surface area contributed by atoms with E-state index in [1.54, 1.807) is 0 Å². The monoisotopic (exact) mass is 383 g/mol. The fourth-order valence-electron chi connectivity index (χ4n) is 2.88. The lowest BCUT2D eigenvalue weighted by Gasteiger charge is -2.02. The standard InChI is InChI=1S/C24H17NO2S/c26-21(20-13-11-19(12-14-20)18-9-5-2-6-10-18)16-23-25-24(27)22(28-23)15-17-7-3-1-4-8-17/h1-16H,(H,25,27)/b22-15-,23-16-. The van der Waals surface area contributed by atoms with Gasteiger partial charge in [-0.25, -0.2) is 0 Å². The molecule has 0 fully saturated rings. The highest BCUT2D eigenvalue weighted by Crippen LogP contribution is 2.19. The maximum Gasteiger partial charge on any atom is 0.266 e. The van der Waals surface area contributed by atoms with Crippen LogP contribution in [-0.2, 0) is 0 Å². The second-order valence-electron chi connectivity index (χ2n) is 6.29. The summed E-state index contributed by atoms with van der Waals surface area (Å²) in [5.41, 5.74) is 3.51. The Kier molecular flexibility index (Phi) is 5.13. The number of rotatable bonds is 4. The van der Waals surface area contributed by atoms with E-state index in [9.17, 15) is 9.59 Å². The molecule has 3 nitrogen and oxygen atoms in total. The van der Waals surface area contributed by atoms with E-state index in [4.69, 9.17) is 0 Å². The van der Waals surface area contributed by atoms with Gasteiger partial charge in [0, 0.05) is 11.6 Å². The summed E-state index contributed by atoms with van der Waals surface area (Å²) in [5, 5.41) is 0. The first-order valence-electron chi connectivity index (χ1n) is 8.86. The SMILES string of the molecule is O=C(/C=c1/[nH]c(=O)/c(=C/c2ccccc2)s1)c1ccc(-c2ccccc2)cc1. The topological polar surface area (TPSA) is 49.9 Å². The number of hydrogen-bond acceptors (Lipinski definition) is 3. The maximum absolute atomic E-state index is 12.6. The van der Waals surface area contributed by atoms with Crippen molar-refractivity contribution >= 4 is 29.3 Å². The summed E-state index contributed by atoms with van der Waals surface area (Å²) < 4.78 is 1.12. The molecule has 3 aromatic carbocycles. The summed E-state index contributed by atoms with van der Waals surface area (Å²) in [5.74, 6) is -0.136. The van der Waals surface area contributed by atoms with Crippen LogP contribution in [0.4, 0.5) is 0 Å². The lowest BCUT2D eigenvalue weighted by molar-refractivity contribution is 0.106. The first kappa shape index (κ1) is 17.9. The average molecular weight is 383 g/mol. The van der Waals surface area contributed by atoms with E-state index >= 15 is 0 Å². The molecule has 0 saturated heterocycles. The van der Waals surface area contributed by atoms with Crippen molar-refractivity contribution in [3.63, 3.8) is 0 Å². The predicted molar refractivity (Wildman–Crippen MR) is 115 cm³/mol. The van der Waals surface area contributed by atoms with Gasteiger partial charge in [0.25, 0.3) is 5.56 Å². The Balaban J connectivity index is 1.61. The van der Waals surface area contributed by atoms with Crippen LogP contribution in [0.3, 0.4) is 0 Å². The van der Waals surface area contributed by atoms with Gasteiger partial charge in [0.05, 0.1) is 9.20 Å². The van der Waals surface area contributed by atoms with Gasteiger partial charge in [-0.05, 0) is 22.8 Å². The molecule has 1 heterocycles. The molecular weight excluding hydrogens is 366 g/mol. The molecule has 4 heteroatoms. The van der Waals surface area contributed by atoms with Crippen molar-refractivity contribution in [1.82, 2.24) is 4.98 Å². The molecule has 4 rings (SSSR count). The van der Waals surface area contributed by atoms with Crippen LogP contribution in [0.25, 0.3) is 23.3 Å². The normalized spacial score (nSPS) is 12.3. The maximum atomic E-state index is 12.6. The third-order valence-corrected chi connectivity index (χ3v) is 5.28. The first-order valence-corrected chi connectivity index (χ1v) is 9.68. The minimum atomic E-state index is -0.188. The number of Topliss-reactive ketones (excluding diaryl/α,β-unsaturated/α-hetero) is 1. The van der Waals surface area contributed by atoms with E-state index in [1.165, 1.54) is 17.4 Å². The van der Waals surface area contributed by atoms with E-state index in [2.05, 4.69) is 4.98 Å². The molecule has 136 valence electrons. The molecule has 0 radical (unpaired) electrons. The van der Waals surface area contributed by atoms with Gasteiger partial charge in [0.1, 0.15) is 0 Å². The zero-order chi connectivity index (χ0) is 19.3. The summed E-state index contributed by atoms with van der Waals surface area (Å²) in [6.45, 7) is 0. The summed E-state index contributed by atoms with van der Waals surface area (Å²) in [6.07, 6.45) is 3.30. The molecule has 4 aromatic rings. The Morgan fingerprint density at radius 1 is 0.786 bits per heavy atom. The second kappa shape index (κ2) is 8.03. The third-order valence-electron chi connectivity index (χ3n) is 4.32. The van der Waals surface area contributed by atoms with Crippen molar-refractivity contribution in [3.8, 4) is 11.1 Å². The van der Waals surface area contributed by atoms with E-state index < -0.39 is 0 Å². The van der Waals surface area contributed by atoms with Crippen molar-refractivity contribution in [2.75, 3.05) is 0 Å². The first-order chi connectivity index (χ1) is 13.7. The smallest absolute Gasteiger partial charge is 0.266 e. The Labute approximate surface area is 166 Å². The summed E-state index contributed by atoms with van der Waals surface area (Å²) in [7, 11) is 0. The Morgan fingerprint density at radius 2 is 1.39 bits per heavy atom. The van der Waals surface area contributed by atoms with Crippen molar-refractivity contribution in [2.45, 2.75) is 0 Å². The van der Waals surface area contributed by atoms with Crippen molar-refractivity contribution in [3.05, 3.63) is 116 Å². The van der Waals surface area contributed by atoms with Gasteiger partial charge < -0.3 is 4.98 Å². The average Bonchev–Trinajstić information content (AvgIpc) is 3.08. The largest absolute Gasteiger partial charge is 0.313 e. The van der Waals surface area contributed by atoms with Gasteiger partial charge in [-0.1, -0.05) is 84.9 Å². The molecule has 0 atom stereocenters. The number of benzene rings is 3. The van der Waals surface area contributed by atoms with Crippen molar-refractivity contribution in [1.29, 1.82) is 0 Å². The van der Waals surface area contributed by atoms with E-state index in [0.717, 1.165) is 16.7 Å². The minimum absolute atomic E-state index is 0.136. The zero-order valence-corrected chi connectivity index (χ0v) is 15.8. The van der Waals surface area contributed by atoms with Gasteiger partial charge >= 0.3 is 0 Å². The van der Waals surface area contributed by atoms with Gasteiger partial charge in [0.15, 0.2) is 5.78 Å². The number of H-pyrrole nitrogens is 1. The molecule has 0 aliphatic carbocycles. The molecule has 0 unspecified atom stereocenters. The van der Waals surface area contributed by atoms with Gasteiger partial charge in [0.2, 0.25) is 0 Å². The molecule has 0 bridgehead atoms. The molecule has 28 heavy (non-hydrogen) atoms. The number of aromatic amines is 1. The van der Waals surface area contributed by atoms with Crippen LogP contribution < -0.4 is 14.8 Å². The fraction of sp³-hybridized carbons (Fsp3) is 0. The molecular formula is C24H17NO2S. The van der Waals surface area contributed by atoms with Crippen LogP contribution in [0.15, 0.2) is 89.7 Å². The highest BCUT2D eigenvalue weighted by molar-refractivity contribution is 7.07. The second-order valence-corrected chi connectivity index (χ2v) is 7.38. The van der Waals surface area contributed by atoms with Crippen LogP contribution in [0.2, 0.25) is 0 Å². The predicted octanol–water partition coefficient (Wildman–Crippen LogP) is 3.60.